The fourth-order valence-corrected chi connectivity index (χ4v) is 8.58. The predicted molar refractivity (Wildman–Crippen MR) is 118 cm³/mol. The minimum absolute atomic E-state index is 0.118. The summed E-state index contributed by atoms with van der Waals surface area (Å²) in [5, 5.41) is 11.3. The van der Waals surface area contributed by atoms with Crippen molar-refractivity contribution in [1.82, 2.24) is 0 Å². The highest BCUT2D eigenvalue weighted by Gasteiger charge is 2.62. The third-order valence-corrected chi connectivity index (χ3v) is 10.5. The number of hydrogen-bond acceptors (Lipinski definition) is 6. The molecule has 0 bridgehead atoms. The van der Waals surface area contributed by atoms with Crippen LogP contribution < -0.4 is 0 Å². The lowest BCUT2D eigenvalue weighted by Crippen LogP contribution is -2.58. The molecule has 8 atom stereocenters. The van der Waals surface area contributed by atoms with E-state index in [1.165, 1.54) is 14.2 Å². The number of ether oxygens (including phenoxy) is 2. The Balaban J connectivity index is 1.50. The number of carbonyl (C=O) groups is 3. The molecule has 0 aromatic rings. The lowest BCUT2D eigenvalue weighted by atomic mass is 9.44. The molecule has 0 heterocycles. The summed E-state index contributed by atoms with van der Waals surface area (Å²) in [6.07, 6.45) is 8.37. The van der Waals surface area contributed by atoms with Gasteiger partial charge in [0.05, 0.1) is 20.3 Å². The Bertz CT molecular complexity index is 747. The quantitative estimate of drug-likeness (QED) is 0.506. The van der Waals surface area contributed by atoms with Gasteiger partial charge in [0.25, 0.3) is 0 Å². The first-order valence-electron chi connectivity index (χ1n) is 12.5. The molecular formula is C26H40O6. The van der Waals surface area contributed by atoms with Gasteiger partial charge in [-0.2, -0.15) is 0 Å². The summed E-state index contributed by atoms with van der Waals surface area (Å²) in [7, 11) is 2.62. The molecule has 1 N–H and O–H groups in total. The Labute approximate surface area is 191 Å². The van der Waals surface area contributed by atoms with Gasteiger partial charge in [-0.25, -0.2) is 0 Å². The van der Waals surface area contributed by atoms with Gasteiger partial charge in [0, 0.05) is 12.8 Å². The molecule has 4 aliphatic carbocycles. The minimum atomic E-state index is -0.858. The first kappa shape index (κ1) is 23.7. The molecule has 0 aliphatic heterocycles. The summed E-state index contributed by atoms with van der Waals surface area (Å²) in [5.74, 6) is 0.464. The van der Waals surface area contributed by atoms with Crippen molar-refractivity contribution in [1.29, 1.82) is 0 Å². The molecule has 0 amide bonds. The van der Waals surface area contributed by atoms with Crippen molar-refractivity contribution in [2.45, 2.75) is 84.2 Å². The van der Waals surface area contributed by atoms with Crippen molar-refractivity contribution in [2.24, 2.45) is 46.3 Å². The number of aliphatic hydroxyl groups excluding tert-OH is 1. The second kappa shape index (κ2) is 8.73. The van der Waals surface area contributed by atoms with E-state index in [4.69, 9.17) is 9.47 Å². The number of esters is 2. The van der Waals surface area contributed by atoms with Crippen LogP contribution in [0.3, 0.4) is 0 Å². The topological polar surface area (TPSA) is 89.9 Å². The standard InChI is InChI=1S/C26H40O6/c1-25-12-10-20-22(21(28)14-16-13-17(27)9-11-26(16,20)2)19(25)8-6-15(25)5-7-18(23(29)31-3)24(30)32-4/h15-16,18-22,28H,5-14H2,1-4H3. The van der Waals surface area contributed by atoms with Crippen LogP contribution >= 0.6 is 0 Å². The Morgan fingerprint density at radius 1 is 1.03 bits per heavy atom. The van der Waals surface area contributed by atoms with Crippen molar-refractivity contribution in [2.75, 3.05) is 14.2 Å². The third kappa shape index (κ3) is 3.70. The number of Topliss-reactive ketones (excluding diaryl/α,β-unsaturated/α-hetero) is 1. The molecule has 4 rings (SSSR count). The maximum atomic E-state index is 12.1. The molecule has 0 aromatic carbocycles. The van der Waals surface area contributed by atoms with Crippen molar-refractivity contribution in [3.8, 4) is 0 Å². The zero-order valence-corrected chi connectivity index (χ0v) is 20.1. The Morgan fingerprint density at radius 3 is 2.34 bits per heavy atom. The largest absolute Gasteiger partial charge is 0.468 e. The van der Waals surface area contributed by atoms with E-state index in [9.17, 15) is 19.5 Å². The van der Waals surface area contributed by atoms with Gasteiger partial charge in [-0.1, -0.05) is 13.8 Å². The van der Waals surface area contributed by atoms with E-state index < -0.39 is 17.9 Å². The molecule has 0 spiro atoms. The number of rotatable bonds is 5. The molecule has 4 fully saturated rings. The molecule has 0 saturated heterocycles. The van der Waals surface area contributed by atoms with Gasteiger partial charge in [0.2, 0.25) is 0 Å². The summed E-state index contributed by atoms with van der Waals surface area (Å²) in [6, 6.07) is 0. The van der Waals surface area contributed by atoms with Crippen LogP contribution in [0.25, 0.3) is 0 Å². The van der Waals surface area contributed by atoms with Gasteiger partial charge in [-0.05, 0) is 91.8 Å². The number of fused-ring (bicyclic) bond motifs is 5. The molecule has 32 heavy (non-hydrogen) atoms. The van der Waals surface area contributed by atoms with Crippen LogP contribution in [0.4, 0.5) is 0 Å². The monoisotopic (exact) mass is 448 g/mol. The SMILES string of the molecule is COC(=O)C(CCC1CCC2C3C(O)CC4CC(=O)CCC4(C)C3CCC12C)C(=O)OC. The lowest BCUT2D eigenvalue weighted by Gasteiger charge is -2.61. The van der Waals surface area contributed by atoms with Crippen LogP contribution in [-0.4, -0.2) is 43.2 Å². The number of ketones is 1. The van der Waals surface area contributed by atoms with Crippen LogP contribution in [0.2, 0.25) is 0 Å². The molecule has 0 aromatic heterocycles. The first-order valence-corrected chi connectivity index (χ1v) is 12.5. The smallest absolute Gasteiger partial charge is 0.320 e. The van der Waals surface area contributed by atoms with Crippen molar-refractivity contribution >= 4 is 17.7 Å². The van der Waals surface area contributed by atoms with Crippen LogP contribution in [-0.2, 0) is 23.9 Å². The second-order valence-electron chi connectivity index (χ2n) is 11.5. The summed E-state index contributed by atoms with van der Waals surface area (Å²) >= 11 is 0. The molecule has 6 nitrogen and oxygen atoms in total. The minimum Gasteiger partial charge on any atom is -0.468 e. The fraction of sp³-hybridized carbons (Fsp3) is 0.885. The van der Waals surface area contributed by atoms with Gasteiger partial charge >= 0.3 is 11.9 Å². The highest BCUT2D eigenvalue weighted by Crippen LogP contribution is 2.67. The Hall–Kier alpha value is -1.43. The van der Waals surface area contributed by atoms with E-state index in [-0.39, 0.29) is 16.9 Å². The Kier molecular flexibility index (Phi) is 6.47. The molecule has 4 saturated carbocycles. The van der Waals surface area contributed by atoms with Crippen molar-refractivity contribution < 1.29 is 29.0 Å². The zero-order valence-electron chi connectivity index (χ0n) is 20.1. The summed E-state index contributed by atoms with van der Waals surface area (Å²) < 4.78 is 9.68. The van der Waals surface area contributed by atoms with Gasteiger partial charge in [0.15, 0.2) is 5.92 Å². The number of hydrogen-bond donors (Lipinski definition) is 1. The van der Waals surface area contributed by atoms with Crippen molar-refractivity contribution in [3.05, 3.63) is 0 Å². The van der Waals surface area contributed by atoms with E-state index in [1.54, 1.807) is 0 Å². The molecule has 4 aliphatic rings. The van der Waals surface area contributed by atoms with Crippen molar-refractivity contribution in [3.63, 3.8) is 0 Å². The maximum Gasteiger partial charge on any atom is 0.320 e. The lowest BCUT2D eigenvalue weighted by molar-refractivity contribution is -0.167. The highest BCUT2D eigenvalue weighted by atomic mass is 16.5. The maximum absolute atomic E-state index is 12.1. The van der Waals surface area contributed by atoms with Gasteiger partial charge in [0.1, 0.15) is 5.78 Å². The highest BCUT2D eigenvalue weighted by molar-refractivity contribution is 5.94. The van der Waals surface area contributed by atoms with Crippen LogP contribution in [0.5, 0.6) is 0 Å². The van der Waals surface area contributed by atoms with Gasteiger partial charge in [-0.3, -0.25) is 14.4 Å². The molecular weight excluding hydrogens is 408 g/mol. The summed E-state index contributed by atoms with van der Waals surface area (Å²) in [5.41, 5.74) is 0.282. The van der Waals surface area contributed by atoms with Gasteiger partial charge in [-0.15, -0.1) is 0 Å². The van der Waals surface area contributed by atoms with E-state index in [0.717, 1.165) is 44.9 Å². The summed E-state index contributed by atoms with van der Waals surface area (Å²) in [6.45, 7) is 4.77. The average molecular weight is 449 g/mol. The first-order chi connectivity index (χ1) is 15.2. The van der Waals surface area contributed by atoms with E-state index >= 15 is 0 Å². The molecule has 6 heteroatoms. The Morgan fingerprint density at radius 2 is 1.69 bits per heavy atom. The summed E-state index contributed by atoms with van der Waals surface area (Å²) in [4.78, 5) is 36.4. The van der Waals surface area contributed by atoms with Crippen LogP contribution in [0.1, 0.15) is 78.1 Å². The normalized spacial score (nSPS) is 43.2. The molecule has 8 unspecified atom stereocenters. The van der Waals surface area contributed by atoms with E-state index in [2.05, 4.69) is 13.8 Å². The average Bonchev–Trinajstić information content (AvgIpc) is 3.11. The second-order valence-corrected chi connectivity index (χ2v) is 11.5. The number of carbonyl (C=O) groups excluding carboxylic acids is 3. The van der Waals surface area contributed by atoms with Crippen LogP contribution in [0.15, 0.2) is 0 Å². The van der Waals surface area contributed by atoms with Crippen LogP contribution in [0, 0.1) is 46.3 Å². The predicted octanol–water partition coefficient (Wildman–Crippen LogP) is 3.93. The number of aliphatic hydroxyl groups is 1. The molecule has 0 radical (unpaired) electrons. The van der Waals surface area contributed by atoms with E-state index in [1.807, 2.05) is 0 Å². The fourth-order valence-electron chi connectivity index (χ4n) is 8.58. The van der Waals surface area contributed by atoms with Gasteiger partial charge < -0.3 is 14.6 Å². The zero-order chi connectivity index (χ0) is 23.3. The third-order valence-electron chi connectivity index (χ3n) is 10.5. The number of methoxy groups -OCH3 is 2. The molecule has 180 valence electrons. The van der Waals surface area contributed by atoms with E-state index in [0.29, 0.717) is 54.6 Å².